The fourth-order valence-electron chi connectivity index (χ4n) is 2.97. The van der Waals surface area contributed by atoms with E-state index < -0.39 is 0 Å². The zero-order chi connectivity index (χ0) is 14.5. The minimum atomic E-state index is -0.152. The van der Waals surface area contributed by atoms with Gasteiger partial charge in [0.15, 0.2) is 0 Å². The van der Waals surface area contributed by atoms with Crippen LogP contribution in [0.2, 0.25) is 0 Å². The van der Waals surface area contributed by atoms with Crippen LogP contribution in [-0.4, -0.2) is 46.8 Å². The zero-order valence-electron chi connectivity index (χ0n) is 11.8. The molecule has 1 aliphatic rings. The number of nitrogens with zero attached hydrogens (tertiary/aromatic N) is 2. The lowest BCUT2D eigenvalue weighted by Gasteiger charge is -2.29. The molecule has 1 fully saturated rings. The maximum atomic E-state index is 9.53. The average molecular weight is 277 g/mol. The van der Waals surface area contributed by atoms with Gasteiger partial charge in [0.25, 0.3) is 0 Å². The van der Waals surface area contributed by atoms with E-state index >= 15 is 0 Å². The van der Waals surface area contributed by atoms with Crippen molar-refractivity contribution in [3.05, 3.63) is 35.9 Å². The van der Waals surface area contributed by atoms with Crippen LogP contribution in [0.1, 0.15) is 24.8 Å². The number of rotatable bonds is 5. The predicted octanol–water partition coefficient (Wildman–Crippen LogP) is 1.22. The average Bonchev–Trinajstić information content (AvgIpc) is 2.84. The minimum Gasteiger partial charge on any atom is -0.409 e. The summed E-state index contributed by atoms with van der Waals surface area (Å²) in [6, 6.07) is 9.97. The van der Waals surface area contributed by atoms with Gasteiger partial charge >= 0.3 is 0 Å². The summed E-state index contributed by atoms with van der Waals surface area (Å²) in [7, 11) is 0. The first-order chi connectivity index (χ1) is 9.67. The van der Waals surface area contributed by atoms with Crippen LogP contribution in [0.15, 0.2) is 35.5 Å². The van der Waals surface area contributed by atoms with Gasteiger partial charge in [-0.25, -0.2) is 0 Å². The third-order valence-corrected chi connectivity index (χ3v) is 4.28. The molecule has 2 rings (SSSR count). The van der Waals surface area contributed by atoms with Gasteiger partial charge in [-0.15, -0.1) is 0 Å². The number of amidine groups is 1. The summed E-state index contributed by atoms with van der Waals surface area (Å²) in [5.74, 6) is 0.539. The summed E-state index contributed by atoms with van der Waals surface area (Å²) < 4.78 is 0. The molecule has 20 heavy (non-hydrogen) atoms. The highest BCUT2D eigenvalue weighted by Crippen LogP contribution is 2.27. The SMILES string of the molecule is CC1CCN(CC(/C(N)=N/O)c2ccccc2)C1CO. The summed E-state index contributed by atoms with van der Waals surface area (Å²) in [4.78, 5) is 2.24. The Balaban J connectivity index is 2.17. The maximum absolute atomic E-state index is 9.53. The normalized spacial score (nSPS) is 25.8. The molecule has 0 bridgehead atoms. The quantitative estimate of drug-likeness (QED) is 0.327. The summed E-state index contributed by atoms with van der Waals surface area (Å²) in [6.07, 6.45) is 1.07. The Labute approximate surface area is 119 Å². The number of likely N-dealkylation sites (tertiary alicyclic amines) is 1. The van der Waals surface area contributed by atoms with Crippen molar-refractivity contribution in [3.63, 3.8) is 0 Å². The number of hydrogen-bond acceptors (Lipinski definition) is 4. The Morgan fingerprint density at radius 3 is 2.75 bits per heavy atom. The van der Waals surface area contributed by atoms with Crippen LogP contribution in [0.5, 0.6) is 0 Å². The Kier molecular flexibility index (Phi) is 4.98. The number of aliphatic hydroxyl groups is 1. The number of aliphatic hydroxyl groups excluding tert-OH is 1. The summed E-state index contributed by atoms with van der Waals surface area (Å²) in [6.45, 7) is 3.91. The molecule has 1 heterocycles. The number of nitrogens with two attached hydrogens (primary N) is 1. The lowest BCUT2D eigenvalue weighted by atomic mass is 9.96. The highest BCUT2D eigenvalue weighted by Gasteiger charge is 2.33. The van der Waals surface area contributed by atoms with Gasteiger partial charge in [0, 0.05) is 12.6 Å². The van der Waals surface area contributed by atoms with E-state index in [0.717, 1.165) is 18.5 Å². The van der Waals surface area contributed by atoms with Crippen LogP contribution in [0.3, 0.4) is 0 Å². The van der Waals surface area contributed by atoms with Crippen LogP contribution >= 0.6 is 0 Å². The first-order valence-corrected chi connectivity index (χ1v) is 7.04. The smallest absolute Gasteiger partial charge is 0.147 e. The third-order valence-electron chi connectivity index (χ3n) is 4.28. The van der Waals surface area contributed by atoms with Crippen molar-refractivity contribution in [2.75, 3.05) is 19.7 Å². The van der Waals surface area contributed by atoms with E-state index in [1.807, 2.05) is 30.3 Å². The Morgan fingerprint density at radius 2 is 2.15 bits per heavy atom. The number of benzene rings is 1. The molecular formula is C15H23N3O2. The molecule has 110 valence electrons. The third kappa shape index (κ3) is 3.11. The summed E-state index contributed by atoms with van der Waals surface area (Å²) in [5.41, 5.74) is 6.89. The van der Waals surface area contributed by atoms with Gasteiger partial charge in [-0.1, -0.05) is 42.4 Å². The number of hydrogen-bond donors (Lipinski definition) is 3. The lowest BCUT2D eigenvalue weighted by Crippen LogP contribution is -2.41. The molecule has 0 aliphatic carbocycles. The van der Waals surface area contributed by atoms with Gasteiger partial charge < -0.3 is 16.0 Å². The van der Waals surface area contributed by atoms with E-state index in [2.05, 4.69) is 17.0 Å². The van der Waals surface area contributed by atoms with Gasteiger partial charge in [-0.3, -0.25) is 4.90 Å². The molecule has 3 atom stereocenters. The van der Waals surface area contributed by atoms with Crippen molar-refractivity contribution >= 4 is 5.84 Å². The van der Waals surface area contributed by atoms with E-state index in [1.165, 1.54) is 0 Å². The Bertz CT molecular complexity index is 450. The molecule has 0 radical (unpaired) electrons. The second-order valence-corrected chi connectivity index (χ2v) is 5.50. The van der Waals surface area contributed by atoms with Crippen LogP contribution in [0.25, 0.3) is 0 Å². The fraction of sp³-hybridized carbons (Fsp3) is 0.533. The highest BCUT2D eigenvalue weighted by atomic mass is 16.4. The summed E-state index contributed by atoms with van der Waals surface area (Å²) >= 11 is 0. The van der Waals surface area contributed by atoms with Crippen molar-refractivity contribution in [2.45, 2.75) is 25.3 Å². The molecule has 1 aromatic carbocycles. The van der Waals surface area contributed by atoms with Gasteiger partial charge in [-0.2, -0.15) is 0 Å². The molecule has 0 aromatic heterocycles. The first-order valence-electron chi connectivity index (χ1n) is 7.04. The molecule has 4 N–H and O–H groups in total. The molecule has 1 saturated heterocycles. The van der Waals surface area contributed by atoms with Gasteiger partial charge in [-0.05, 0) is 24.4 Å². The Morgan fingerprint density at radius 1 is 1.45 bits per heavy atom. The van der Waals surface area contributed by atoms with E-state index in [-0.39, 0.29) is 24.4 Å². The van der Waals surface area contributed by atoms with Crippen LogP contribution in [0.4, 0.5) is 0 Å². The van der Waals surface area contributed by atoms with Crippen molar-refractivity contribution in [2.24, 2.45) is 16.8 Å². The molecule has 0 spiro atoms. The van der Waals surface area contributed by atoms with Crippen molar-refractivity contribution in [1.82, 2.24) is 4.90 Å². The first kappa shape index (κ1) is 14.8. The minimum absolute atomic E-state index is 0.152. The molecule has 0 amide bonds. The van der Waals surface area contributed by atoms with Gasteiger partial charge in [0.2, 0.25) is 0 Å². The molecule has 0 saturated carbocycles. The van der Waals surface area contributed by atoms with Crippen molar-refractivity contribution < 1.29 is 10.3 Å². The summed E-state index contributed by atoms with van der Waals surface area (Å²) in [5, 5.41) is 21.7. The standard InChI is InChI=1S/C15H23N3O2/c1-11-7-8-18(14(11)10-19)9-13(15(16)17-20)12-5-3-2-4-6-12/h2-6,11,13-14,19-20H,7-10H2,1H3,(H2,16,17). The largest absolute Gasteiger partial charge is 0.409 e. The second-order valence-electron chi connectivity index (χ2n) is 5.50. The fourth-order valence-corrected chi connectivity index (χ4v) is 2.97. The van der Waals surface area contributed by atoms with E-state index in [1.54, 1.807) is 0 Å². The zero-order valence-corrected chi connectivity index (χ0v) is 11.8. The molecule has 3 unspecified atom stereocenters. The highest BCUT2D eigenvalue weighted by molar-refractivity contribution is 5.87. The second kappa shape index (κ2) is 6.72. The van der Waals surface area contributed by atoms with Gasteiger partial charge in [0.05, 0.1) is 12.5 Å². The van der Waals surface area contributed by atoms with E-state index in [0.29, 0.717) is 12.5 Å². The maximum Gasteiger partial charge on any atom is 0.147 e. The van der Waals surface area contributed by atoms with E-state index in [4.69, 9.17) is 10.9 Å². The Hall–Kier alpha value is -1.59. The topological polar surface area (TPSA) is 82.1 Å². The predicted molar refractivity (Wildman–Crippen MR) is 78.8 cm³/mol. The molecule has 5 nitrogen and oxygen atoms in total. The lowest BCUT2D eigenvalue weighted by molar-refractivity contribution is 0.138. The van der Waals surface area contributed by atoms with Crippen LogP contribution in [0, 0.1) is 5.92 Å². The molecule has 1 aromatic rings. The van der Waals surface area contributed by atoms with Crippen LogP contribution < -0.4 is 5.73 Å². The monoisotopic (exact) mass is 277 g/mol. The van der Waals surface area contributed by atoms with E-state index in [9.17, 15) is 5.11 Å². The molecular weight excluding hydrogens is 254 g/mol. The van der Waals surface area contributed by atoms with Gasteiger partial charge in [0.1, 0.15) is 5.84 Å². The van der Waals surface area contributed by atoms with Crippen LogP contribution in [-0.2, 0) is 0 Å². The van der Waals surface area contributed by atoms with Crippen molar-refractivity contribution in [1.29, 1.82) is 0 Å². The molecule has 1 aliphatic heterocycles. The van der Waals surface area contributed by atoms with Crippen molar-refractivity contribution in [3.8, 4) is 0 Å². The molecule has 5 heteroatoms. The number of oxime groups is 1.